The molecule has 0 aliphatic carbocycles. The van der Waals surface area contributed by atoms with Gasteiger partial charge in [0.05, 0.1) is 4.90 Å². The molecule has 1 aliphatic rings. The third-order valence-electron chi connectivity index (χ3n) is 4.57. The SMILES string of the molecule is CN1CCC(c2ccc(-c3ccc(S(=O)(=O)Cl)cc3)cc2)CC1. The van der Waals surface area contributed by atoms with E-state index in [-0.39, 0.29) is 4.90 Å². The van der Waals surface area contributed by atoms with E-state index in [2.05, 4.69) is 36.2 Å². The molecule has 0 bridgehead atoms. The third kappa shape index (κ3) is 3.94. The summed E-state index contributed by atoms with van der Waals surface area (Å²) in [5, 5.41) is 0. The quantitative estimate of drug-likeness (QED) is 0.783. The molecule has 1 aliphatic heterocycles. The molecule has 3 nitrogen and oxygen atoms in total. The summed E-state index contributed by atoms with van der Waals surface area (Å²) in [6.45, 7) is 2.31. The standard InChI is InChI=1S/C18H20ClNO2S/c1-20-12-10-17(11-13-20)15-4-2-14(3-5-15)16-6-8-18(9-7-16)23(19,21)22/h2-9,17H,10-13H2,1H3. The first-order valence-electron chi connectivity index (χ1n) is 7.77. The molecule has 3 rings (SSSR count). The van der Waals surface area contributed by atoms with Gasteiger partial charge in [-0.05, 0) is 67.7 Å². The van der Waals surface area contributed by atoms with Crippen molar-refractivity contribution in [3.05, 3.63) is 54.1 Å². The van der Waals surface area contributed by atoms with E-state index in [0.29, 0.717) is 5.92 Å². The summed E-state index contributed by atoms with van der Waals surface area (Å²) >= 11 is 0. The fourth-order valence-electron chi connectivity index (χ4n) is 3.10. The molecule has 0 amide bonds. The van der Waals surface area contributed by atoms with Crippen molar-refractivity contribution in [3.8, 4) is 11.1 Å². The normalized spacial score (nSPS) is 17.3. The van der Waals surface area contributed by atoms with Crippen molar-refractivity contribution in [2.24, 2.45) is 0 Å². The zero-order chi connectivity index (χ0) is 16.4. The molecule has 23 heavy (non-hydrogen) atoms. The van der Waals surface area contributed by atoms with Gasteiger partial charge < -0.3 is 4.90 Å². The van der Waals surface area contributed by atoms with Crippen molar-refractivity contribution in [1.82, 2.24) is 4.90 Å². The largest absolute Gasteiger partial charge is 0.306 e. The van der Waals surface area contributed by atoms with E-state index in [1.54, 1.807) is 24.3 Å². The highest BCUT2D eigenvalue weighted by atomic mass is 35.7. The lowest BCUT2D eigenvalue weighted by Crippen LogP contribution is -2.29. The van der Waals surface area contributed by atoms with Crippen molar-refractivity contribution >= 4 is 19.7 Å². The molecule has 0 atom stereocenters. The Morgan fingerprint density at radius 1 is 0.913 bits per heavy atom. The molecule has 0 radical (unpaired) electrons. The molecule has 0 spiro atoms. The molecule has 5 heteroatoms. The minimum Gasteiger partial charge on any atom is -0.306 e. The molecular formula is C18H20ClNO2S. The van der Waals surface area contributed by atoms with E-state index >= 15 is 0 Å². The first kappa shape index (κ1) is 16.5. The van der Waals surface area contributed by atoms with Gasteiger partial charge in [-0.3, -0.25) is 0 Å². The van der Waals surface area contributed by atoms with E-state index in [4.69, 9.17) is 10.7 Å². The van der Waals surface area contributed by atoms with Gasteiger partial charge in [0.15, 0.2) is 0 Å². The van der Waals surface area contributed by atoms with Crippen molar-refractivity contribution in [2.75, 3.05) is 20.1 Å². The number of rotatable bonds is 3. The van der Waals surface area contributed by atoms with Crippen LogP contribution in [0.15, 0.2) is 53.4 Å². The maximum Gasteiger partial charge on any atom is 0.261 e. The van der Waals surface area contributed by atoms with Crippen LogP contribution < -0.4 is 0 Å². The van der Waals surface area contributed by atoms with Crippen LogP contribution in [0.5, 0.6) is 0 Å². The Morgan fingerprint density at radius 3 is 1.87 bits per heavy atom. The predicted molar refractivity (Wildman–Crippen MR) is 94.4 cm³/mol. The molecule has 0 saturated carbocycles. The fraction of sp³-hybridized carbons (Fsp3) is 0.333. The topological polar surface area (TPSA) is 37.4 Å². The number of piperidine rings is 1. The summed E-state index contributed by atoms with van der Waals surface area (Å²) in [6, 6.07) is 15.3. The maximum absolute atomic E-state index is 11.3. The molecule has 0 aromatic heterocycles. The highest BCUT2D eigenvalue weighted by Gasteiger charge is 2.18. The molecule has 122 valence electrons. The second-order valence-corrected chi connectivity index (χ2v) is 8.73. The van der Waals surface area contributed by atoms with Crippen molar-refractivity contribution < 1.29 is 8.42 Å². The van der Waals surface area contributed by atoms with Crippen LogP contribution in [0.3, 0.4) is 0 Å². The number of halogens is 1. The summed E-state index contributed by atoms with van der Waals surface area (Å²) < 4.78 is 22.6. The lowest BCUT2D eigenvalue weighted by Gasteiger charge is -2.29. The molecule has 1 saturated heterocycles. The average molecular weight is 350 g/mol. The third-order valence-corrected chi connectivity index (χ3v) is 5.94. The predicted octanol–water partition coefficient (Wildman–Crippen LogP) is 4.09. The average Bonchev–Trinajstić information content (AvgIpc) is 2.55. The Morgan fingerprint density at radius 2 is 1.39 bits per heavy atom. The molecule has 0 N–H and O–H groups in total. The molecule has 1 heterocycles. The van der Waals surface area contributed by atoms with Crippen LogP contribution in [0.25, 0.3) is 11.1 Å². The van der Waals surface area contributed by atoms with Gasteiger partial charge in [0.2, 0.25) is 0 Å². The van der Waals surface area contributed by atoms with Gasteiger partial charge in [-0.1, -0.05) is 36.4 Å². The number of hydrogen-bond donors (Lipinski definition) is 0. The van der Waals surface area contributed by atoms with Gasteiger partial charge in [0.1, 0.15) is 0 Å². The van der Waals surface area contributed by atoms with Crippen molar-refractivity contribution in [1.29, 1.82) is 0 Å². The Hall–Kier alpha value is -1.36. The van der Waals surface area contributed by atoms with Crippen molar-refractivity contribution in [3.63, 3.8) is 0 Å². The van der Waals surface area contributed by atoms with Crippen LogP contribution in [0.1, 0.15) is 24.3 Å². The summed E-state index contributed by atoms with van der Waals surface area (Å²) in [5.41, 5.74) is 3.46. The number of benzene rings is 2. The van der Waals surface area contributed by atoms with E-state index in [1.165, 1.54) is 18.4 Å². The Bertz CT molecular complexity index is 762. The van der Waals surface area contributed by atoms with E-state index in [1.807, 2.05) is 0 Å². The Balaban J connectivity index is 1.77. The van der Waals surface area contributed by atoms with E-state index in [9.17, 15) is 8.42 Å². The summed E-state index contributed by atoms with van der Waals surface area (Å²) in [7, 11) is 3.85. The van der Waals surface area contributed by atoms with Gasteiger partial charge in [-0.15, -0.1) is 0 Å². The van der Waals surface area contributed by atoms with Gasteiger partial charge in [0.25, 0.3) is 9.05 Å². The van der Waals surface area contributed by atoms with Crippen LogP contribution >= 0.6 is 10.7 Å². The van der Waals surface area contributed by atoms with Crippen molar-refractivity contribution in [2.45, 2.75) is 23.7 Å². The number of hydrogen-bond acceptors (Lipinski definition) is 3. The maximum atomic E-state index is 11.3. The zero-order valence-electron chi connectivity index (χ0n) is 13.1. The van der Waals surface area contributed by atoms with Gasteiger partial charge in [-0.2, -0.15) is 0 Å². The second-order valence-electron chi connectivity index (χ2n) is 6.16. The smallest absolute Gasteiger partial charge is 0.261 e. The molecule has 1 fully saturated rings. The zero-order valence-corrected chi connectivity index (χ0v) is 14.6. The van der Waals surface area contributed by atoms with Gasteiger partial charge >= 0.3 is 0 Å². The minimum atomic E-state index is -3.66. The summed E-state index contributed by atoms with van der Waals surface area (Å²) in [4.78, 5) is 2.50. The lowest BCUT2D eigenvalue weighted by molar-refractivity contribution is 0.255. The summed E-state index contributed by atoms with van der Waals surface area (Å²) in [6.07, 6.45) is 2.41. The van der Waals surface area contributed by atoms with Crippen LogP contribution in [-0.4, -0.2) is 33.5 Å². The molecule has 2 aromatic carbocycles. The van der Waals surface area contributed by atoms with Crippen LogP contribution in [0.2, 0.25) is 0 Å². The first-order chi connectivity index (χ1) is 10.9. The highest BCUT2D eigenvalue weighted by molar-refractivity contribution is 8.13. The second kappa shape index (κ2) is 6.63. The lowest BCUT2D eigenvalue weighted by atomic mass is 9.89. The Labute approximate surface area is 142 Å². The van der Waals surface area contributed by atoms with Gasteiger partial charge in [-0.25, -0.2) is 8.42 Å². The van der Waals surface area contributed by atoms with E-state index in [0.717, 1.165) is 24.2 Å². The van der Waals surface area contributed by atoms with E-state index < -0.39 is 9.05 Å². The number of nitrogens with zero attached hydrogens (tertiary/aromatic N) is 1. The molecule has 2 aromatic rings. The molecule has 0 unspecified atom stereocenters. The fourth-order valence-corrected chi connectivity index (χ4v) is 3.87. The highest BCUT2D eigenvalue weighted by Crippen LogP contribution is 2.30. The monoisotopic (exact) mass is 349 g/mol. The Kier molecular flexibility index (Phi) is 4.76. The van der Waals surface area contributed by atoms with Gasteiger partial charge in [0, 0.05) is 10.7 Å². The van der Waals surface area contributed by atoms with Crippen LogP contribution in [0.4, 0.5) is 0 Å². The van der Waals surface area contributed by atoms with Crippen LogP contribution in [0, 0.1) is 0 Å². The number of likely N-dealkylation sites (tertiary alicyclic amines) is 1. The summed E-state index contributed by atoms with van der Waals surface area (Å²) in [5.74, 6) is 0.643. The minimum absolute atomic E-state index is 0.130. The van der Waals surface area contributed by atoms with Crippen LogP contribution in [-0.2, 0) is 9.05 Å². The first-order valence-corrected chi connectivity index (χ1v) is 10.1. The molecular weight excluding hydrogens is 330 g/mol.